The van der Waals surface area contributed by atoms with Crippen molar-refractivity contribution in [3.63, 3.8) is 0 Å². The van der Waals surface area contributed by atoms with Crippen molar-refractivity contribution in [2.24, 2.45) is 0 Å². The summed E-state index contributed by atoms with van der Waals surface area (Å²) in [5.41, 5.74) is 4.25. The molecule has 0 bridgehead atoms. The first kappa shape index (κ1) is 17.2. The third kappa shape index (κ3) is 3.12. The van der Waals surface area contributed by atoms with Crippen LogP contribution < -0.4 is 0 Å². The largest absolute Gasteiger partial charge is 0.335 e. The molecule has 4 heterocycles. The van der Waals surface area contributed by atoms with Crippen molar-refractivity contribution < 1.29 is 4.79 Å². The van der Waals surface area contributed by atoms with Gasteiger partial charge < -0.3 is 9.80 Å². The van der Waals surface area contributed by atoms with Crippen LogP contribution in [0.5, 0.6) is 0 Å². The lowest BCUT2D eigenvalue weighted by molar-refractivity contribution is 0.0637. The molecule has 0 saturated carbocycles. The van der Waals surface area contributed by atoms with Gasteiger partial charge >= 0.3 is 0 Å². The van der Waals surface area contributed by atoms with Crippen molar-refractivity contribution in [1.82, 2.24) is 24.4 Å². The van der Waals surface area contributed by atoms with Gasteiger partial charge in [-0.3, -0.25) is 4.79 Å². The van der Waals surface area contributed by atoms with Crippen LogP contribution >= 0.6 is 11.3 Å². The number of likely N-dealkylation sites (N-methyl/N-ethyl adjacent to an activating group) is 1. The van der Waals surface area contributed by atoms with Crippen molar-refractivity contribution in [2.45, 2.75) is 20.3 Å². The number of nitrogens with zero attached hydrogens (tertiary/aromatic N) is 5. The number of thiophene rings is 1. The number of piperazine rings is 1. The van der Waals surface area contributed by atoms with Crippen LogP contribution in [-0.4, -0.2) is 63.0 Å². The fraction of sp³-hybridized carbons (Fsp3) is 0.421. The lowest BCUT2D eigenvalue weighted by atomic mass is 10.2. The number of carbonyl (C=O) groups excluding carboxylic acids is 1. The molecule has 1 saturated heterocycles. The second kappa shape index (κ2) is 7.17. The van der Waals surface area contributed by atoms with E-state index in [1.54, 1.807) is 11.3 Å². The average Bonchev–Trinajstić information content (AvgIpc) is 3.35. The van der Waals surface area contributed by atoms with Crippen LogP contribution in [0.2, 0.25) is 0 Å². The van der Waals surface area contributed by atoms with Crippen LogP contribution in [0.3, 0.4) is 0 Å². The van der Waals surface area contributed by atoms with Crippen LogP contribution in [-0.2, 0) is 6.42 Å². The number of hydrogen-bond acceptors (Lipinski definition) is 5. The third-order valence-electron chi connectivity index (χ3n) is 5.01. The summed E-state index contributed by atoms with van der Waals surface area (Å²) in [6, 6.07) is 5.91. The van der Waals surface area contributed by atoms with E-state index in [1.807, 2.05) is 26.9 Å². The van der Waals surface area contributed by atoms with E-state index in [-0.39, 0.29) is 5.91 Å². The number of aryl methyl sites for hydroxylation is 1. The molecule has 1 aliphatic rings. The molecule has 1 amide bonds. The molecule has 6 nitrogen and oxygen atoms in total. The van der Waals surface area contributed by atoms with Gasteiger partial charge in [0.25, 0.3) is 5.91 Å². The lowest BCUT2D eigenvalue weighted by Gasteiger charge is -2.33. The van der Waals surface area contributed by atoms with Gasteiger partial charge in [0.05, 0.1) is 5.69 Å². The van der Waals surface area contributed by atoms with E-state index in [2.05, 4.69) is 40.3 Å². The Morgan fingerprint density at radius 3 is 2.65 bits per heavy atom. The number of fused-ring (bicyclic) bond motifs is 1. The molecule has 1 aliphatic heterocycles. The zero-order valence-electron chi connectivity index (χ0n) is 15.2. The second-order valence-electron chi connectivity index (χ2n) is 6.52. The van der Waals surface area contributed by atoms with Gasteiger partial charge in [-0.2, -0.15) is 16.4 Å². The Hall–Kier alpha value is -2.25. The van der Waals surface area contributed by atoms with Gasteiger partial charge in [-0.1, -0.05) is 13.8 Å². The minimum absolute atomic E-state index is 0.0243. The maximum Gasteiger partial charge on any atom is 0.272 e. The molecule has 0 aliphatic carbocycles. The van der Waals surface area contributed by atoms with Crippen molar-refractivity contribution in [2.75, 3.05) is 32.7 Å². The molecular weight excluding hydrogens is 346 g/mol. The molecule has 0 N–H and O–H groups in total. The molecule has 0 unspecified atom stereocenters. The third-order valence-corrected chi connectivity index (χ3v) is 5.69. The van der Waals surface area contributed by atoms with Crippen molar-refractivity contribution in [3.05, 3.63) is 40.3 Å². The number of rotatable bonds is 4. The van der Waals surface area contributed by atoms with Crippen molar-refractivity contribution in [3.8, 4) is 11.3 Å². The molecule has 3 aromatic rings. The predicted octanol–water partition coefficient (Wildman–Crippen LogP) is 2.80. The first-order valence-corrected chi connectivity index (χ1v) is 10.1. The van der Waals surface area contributed by atoms with E-state index in [4.69, 9.17) is 0 Å². The topological polar surface area (TPSA) is 53.7 Å². The van der Waals surface area contributed by atoms with Gasteiger partial charge in [0.1, 0.15) is 5.69 Å². The summed E-state index contributed by atoms with van der Waals surface area (Å²) in [7, 11) is 0. The normalized spacial score (nSPS) is 15.7. The average molecular weight is 369 g/mol. The molecule has 0 spiro atoms. The molecule has 7 heteroatoms. The highest BCUT2D eigenvalue weighted by atomic mass is 32.1. The maximum atomic E-state index is 13.0. The van der Waals surface area contributed by atoms with Crippen LogP contribution in [0.1, 0.15) is 30.0 Å². The van der Waals surface area contributed by atoms with Gasteiger partial charge in [-0.25, -0.2) is 9.50 Å². The quantitative estimate of drug-likeness (QED) is 0.710. The van der Waals surface area contributed by atoms with Crippen LogP contribution in [0.4, 0.5) is 0 Å². The molecule has 4 rings (SSSR count). The first-order valence-electron chi connectivity index (χ1n) is 9.13. The molecule has 0 atom stereocenters. The van der Waals surface area contributed by atoms with Gasteiger partial charge in [0.2, 0.25) is 0 Å². The molecular formula is C19H23N5OS. The highest BCUT2D eigenvalue weighted by Gasteiger charge is 2.23. The number of hydrogen-bond donors (Lipinski definition) is 0. The van der Waals surface area contributed by atoms with E-state index in [9.17, 15) is 4.79 Å². The monoisotopic (exact) mass is 369 g/mol. The predicted molar refractivity (Wildman–Crippen MR) is 104 cm³/mol. The minimum atomic E-state index is 0.0243. The molecule has 0 aromatic carbocycles. The summed E-state index contributed by atoms with van der Waals surface area (Å²) in [6.07, 6.45) is 0.799. The Morgan fingerprint density at radius 1 is 1.19 bits per heavy atom. The van der Waals surface area contributed by atoms with Gasteiger partial charge in [0, 0.05) is 48.9 Å². The zero-order chi connectivity index (χ0) is 18.1. The highest BCUT2D eigenvalue weighted by Crippen LogP contribution is 2.23. The van der Waals surface area contributed by atoms with E-state index in [1.165, 1.54) is 0 Å². The van der Waals surface area contributed by atoms with Crippen LogP contribution in [0.25, 0.3) is 16.9 Å². The molecule has 0 radical (unpaired) electrons. The second-order valence-corrected chi connectivity index (χ2v) is 7.30. The summed E-state index contributed by atoms with van der Waals surface area (Å²) in [6.45, 7) is 8.66. The maximum absolute atomic E-state index is 13.0. The van der Waals surface area contributed by atoms with E-state index >= 15 is 0 Å². The van der Waals surface area contributed by atoms with E-state index in [0.717, 1.165) is 61.7 Å². The highest BCUT2D eigenvalue weighted by molar-refractivity contribution is 7.08. The fourth-order valence-corrected chi connectivity index (χ4v) is 4.03. The molecule has 136 valence electrons. The Balaban J connectivity index is 1.66. The number of amides is 1. The molecule has 3 aromatic heterocycles. The van der Waals surface area contributed by atoms with Gasteiger partial charge in [-0.15, -0.1) is 0 Å². The summed E-state index contributed by atoms with van der Waals surface area (Å²) < 4.78 is 1.86. The summed E-state index contributed by atoms with van der Waals surface area (Å²) in [4.78, 5) is 21.9. The Bertz CT molecular complexity index is 910. The standard InChI is InChI=1S/C19H23N5OS/c1-3-15-11-17(19(25)23-8-6-22(4-2)7-9-23)20-18-12-16(21-24(15)18)14-5-10-26-13-14/h5,10-13H,3-4,6-9H2,1-2H3. The Kier molecular flexibility index (Phi) is 4.74. The van der Waals surface area contributed by atoms with E-state index in [0.29, 0.717) is 5.69 Å². The molecule has 26 heavy (non-hydrogen) atoms. The minimum Gasteiger partial charge on any atom is -0.335 e. The van der Waals surface area contributed by atoms with Crippen LogP contribution in [0, 0.1) is 0 Å². The fourth-order valence-electron chi connectivity index (χ4n) is 3.38. The molecule has 1 fully saturated rings. The summed E-state index contributed by atoms with van der Waals surface area (Å²) in [5, 5.41) is 8.81. The smallest absolute Gasteiger partial charge is 0.272 e. The summed E-state index contributed by atoms with van der Waals surface area (Å²) in [5.74, 6) is 0.0243. The zero-order valence-corrected chi connectivity index (χ0v) is 16.0. The lowest BCUT2D eigenvalue weighted by Crippen LogP contribution is -2.48. The Morgan fingerprint density at radius 2 is 2.00 bits per heavy atom. The van der Waals surface area contributed by atoms with Crippen LogP contribution in [0.15, 0.2) is 29.0 Å². The van der Waals surface area contributed by atoms with E-state index < -0.39 is 0 Å². The first-order chi connectivity index (χ1) is 12.7. The number of carbonyl (C=O) groups is 1. The van der Waals surface area contributed by atoms with Gasteiger partial charge in [-0.05, 0) is 30.5 Å². The van der Waals surface area contributed by atoms with Crippen molar-refractivity contribution in [1.29, 1.82) is 0 Å². The summed E-state index contributed by atoms with van der Waals surface area (Å²) >= 11 is 1.65. The van der Waals surface area contributed by atoms with Crippen molar-refractivity contribution >= 4 is 22.9 Å². The number of aromatic nitrogens is 3. The Labute approximate surface area is 157 Å². The SMILES string of the molecule is CCc1cc(C(=O)N2CCN(CC)CC2)nc2cc(-c3ccsc3)nn12. The van der Waals surface area contributed by atoms with Gasteiger partial charge in [0.15, 0.2) is 5.65 Å².